The highest BCUT2D eigenvalue weighted by Gasteiger charge is 2.33. The van der Waals surface area contributed by atoms with E-state index in [9.17, 15) is 9.59 Å². The number of hydrogen-bond donors (Lipinski definition) is 0. The standard InChI is InChI=1S/C6H4O3/c1-2-3-4-5(7)9-6(4)8/h2-3H,1H2. The summed E-state index contributed by atoms with van der Waals surface area (Å²) in [7, 11) is 0. The van der Waals surface area contributed by atoms with Gasteiger partial charge in [0.1, 0.15) is 5.57 Å². The topological polar surface area (TPSA) is 43.4 Å². The summed E-state index contributed by atoms with van der Waals surface area (Å²) in [5.41, 5.74) is 0.0741. The molecule has 0 aromatic rings. The van der Waals surface area contributed by atoms with E-state index in [0.29, 0.717) is 0 Å². The van der Waals surface area contributed by atoms with E-state index in [2.05, 4.69) is 11.3 Å². The first-order valence-corrected chi connectivity index (χ1v) is 2.35. The molecule has 9 heavy (non-hydrogen) atoms. The van der Waals surface area contributed by atoms with Gasteiger partial charge in [-0.05, 0) is 6.08 Å². The molecule has 0 amide bonds. The smallest absolute Gasteiger partial charge is 0.353 e. The minimum absolute atomic E-state index is 0.0741. The van der Waals surface area contributed by atoms with Gasteiger partial charge < -0.3 is 4.74 Å². The van der Waals surface area contributed by atoms with E-state index >= 15 is 0 Å². The SMILES string of the molecule is C=CC=C1C(=O)OC1=O. The van der Waals surface area contributed by atoms with Gasteiger partial charge in [-0.1, -0.05) is 12.7 Å². The van der Waals surface area contributed by atoms with Crippen LogP contribution in [0.1, 0.15) is 0 Å². The number of cyclic esters (lactones) is 2. The van der Waals surface area contributed by atoms with Crippen LogP contribution in [0.3, 0.4) is 0 Å². The van der Waals surface area contributed by atoms with Gasteiger partial charge in [0.15, 0.2) is 0 Å². The van der Waals surface area contributed by atoms with Crippen molar-refractivity contribution in [3.05, 3.63) is 24.3 Å². The van der Waals surface area contributed by atoms with Gasteiger partial charge in [0.05, 0.1) is 0 Å². The fraction of sp³-hybridized carbons (Fsp3) is 0. The second-order valence-corrected chi connectivity index (χ2v) is 1.49. The van der Waals surface area contributed by atoms with E-state index in [-0.39, 0.29) is 5.57 Å². The Balaban J connectivity index is 2.81. The predicted octanol–water partition coefficient (Wildman–Crippen LogP) is 0.182. The van der Waals surface area contributed by atoms with Crippen LogP contribution in [0.4, 0.5) is 0 Å². The molecule has 0 atom stereocenters. The van der Waals surface area contributed by atoms with Crippen molar-refractivity contribution in [2.75, 3.05) is 0 Å². The quantitative estimate of drug-likeness (QED) is 0.217. The van der Waals surface area contributed by atoms with Crippen LogP contribution < -0.4 is 0 Å². The Morgan fingerprint density at radius 1 is 1.33 bits per heavy atom. The third-order valence-electron chi connectivity index (χ3n) is 0.910. The molecule has 0 unspecified atom stereocenters. The van der Waals surface area contributed by atoms with Crippen LogP contribution in [-0.2, 0) is 14.3 Å². The Morgan fingerprint density at radius 2 is 1.89 bits per heavy atom. The zero-order valence-corrected chi connectivity index (χ0v) is 4.59. The summed E-state index contributed by atoms with van der Waals surface area (Å²) in [4.78, 5) is 20.5. The van der Waals surface area contributed by atoms with Crippen LogP contribution in [0.2, 0.25) is 0 Å². The molecular weight excluding hydrogens is 120 g/mol. The van der Waals surface area contributed by atoms with Crippen molar-refractivity contribution in [1.82, 2.24) is 0 Å². The molecule has 0 saturated carbocycles. The molecule has 3 nitrogen and oxygen atoms in total. The lowest BCUT2D eigenvalue weighted by Crippen LogP contribution is -2.31. The van der Waals surface area contributed by atoms with Gasteiger partial charge in [0.25, 0.3) is 0 Å². The van der Waals surface area contributed by atoms with Crippen LogP contribution in [0.25, 0.3) is 0 Å². The minimum atomic E-state index is -0.570. The van der Waals surface area contributed by atoms with Gasteiger partial charge in [0, 0.05) is 0 Å². The number of rotatable bonds is 1. The first-order chi connectivity index (χ1) is 4.25. The van der Waals surface area contributed by atoms with E-state index in [1.54, 1.807) is 0 Å². The molecule has 0 radical (unpaired) electrons. The van der Waals surface area contributed by atoms with E-state index in [1.807, 2.05) is 0 Å². The molecule has 0 aliphatic carbocycles. The number of esters is 2. The average molecular weight is 124 g/mol. The Hall–Kier alpha value is -1.38. The predicted molar refractivity (Wildman–Crippen MR) is 29.4 cm³/mol. The van der Waals surface area contributed by atoms with Crippen molar-refractivity contribution in [3.8, 4) is 0 Å². The normalized spacial score (nSPS) is 16.2. The molecule has 0 spiro atoms. The number of allylic oxidation sites excluding steroid dienone is 2. The van der Waals surface area contributed by atoms with Crippen LogP contribution in [-0.4, -0.2) is 11.9 Å². The molecule has 1 aliphatic heterocycles. The van der Waals surface area contributed by atoms with Crippen molar-refractivity contribution >= 4 is 11.9 Å². The summed E-state index contributed by atoms with van der Waals surface area (Å²) in [5.74, 6) is -1.14. The summed E-state index contributed by atoms with van der Waals surface area (Å²) in [6, 6.07) is 0. The first kappa shape index (κ1) is 5.75. The van der Waals surface area contributed by atoms with Gasteiger partial charge in [-0.25, -0.2) is 9.59 Å². The lowest BCUT2D eigenvalue weighted by molar-refractivity contribution is -0.165. The van der Waals surface area contributed by atoms with Crippen LogP contribution in [0.15, 0.2) is 24.3 Å². The Bertz CT molecular complexity index is 196. The Labute approximate surface area is 51.6 Å². The molecule has 46 valence electrons. The van der Waals surface area contributed by atoms with Crippen molar-refractivity contribution < 1.29 is 14.3 Å². The summed E-state index contributed by atoms with van der Waals surface area (Å²) < 4.78 is 4.01. The van der Waals surface area contributed by atoms with Gasteiger partial charge in [-0.15, -0.1) is 0 Å². The van der Waals surface area contributed by atoms with Crippen molar-refractivity contribution in [1.29, 1.82) is 0 Å². The van der Waals surface area contributed by atoms with Gasteiger partial charge in [-0.2, -0.15) is 0 Å². The molecule has 1 heterocycles. The van der Waals surface area contributed by atoms with Gasteiger partial charge in [-0.3, -0.25) is 0 Å². The minimum Gasteiger partial charge on any atom is -0.385 e. The number of ether oxygens (including phenoxy) is 1. The number of carbonyl (C=O) groups excluding carboxylic acids is 2. The second-order valence-electron chi connectivity index (χ2n) is 1.49. The molecule has 1 fully saturated rings. The maximum absolute atomic E-state index is 10.3. The maximum atomic E-state index is 10.3. The fourth-order valence-electron chi connectivity index (χ4n) is 0.485. The molecule has 0 aromatic heterocycles. The highest BCUT2D eigenvalue weighted by atomic mass is 16.6. The summed E-state index contributed by atoms with van der Waals surface area (Å²) in [6.45, 7) is 3.32. The van der Waals surface area contributed by atoms with Gasteiger partial charge in [0.2, 0.25) is 0 Å². The Morgan fingerprint density at radius 3 is 2.11 bits per heavy atom. The molecule has 1 rings (SSSR count). The number of carbonyl (C=O) groups is 2. The largest absolute Gasteiger partial charge is 0.385 e. The molecular formula is C6H4O3. The first-order valence-electron chi connectivity index (χ1n) is 2.35. The van der Waals surface area contributed by atoms with Gasteiger partial charge >= 0.3 is 11.9 Å². The summed E-state index contributed by atoms with van der Waals surface area (Å²) in [5, 5.41) is 0. The molecule has 3 heteroatoms. The van der Waals surface area contributed by atoms with E-state index in [1.165, 1.54) is 12.2 Å². The number of hydrogen-bond acceptors (Lipinski definition) is 3. The fourth-order valence-corrected chi connectivity index (χ4v) is 0.485. The maximum Gasteiger partial charge on any atom is 0.353 e. The van der Waals surface area contributed by atoms with Crippen LogP contribution in [0, 0.1) is 0 Å². The third-order valence-corrected chi connectivity index (χ3v) is 0.910. The summed E-state index contributed by atoms with van der Waals surface area (Å²) >= 11 is 0. The zero-order chi connectivity index (χ0) is 6.85. The lowest BCUT2D eigenvalue weighted by Gasteiger charge is -2.11. The monoisotopic (exact) mass is 124 g/mol. The van der Waals surface area contributed by atoms with Crippen LogP contribution in [0.5, 0.6) is 0 Å². The Kier molecular flexibility index (Phi) is 1.18. The van der Waals surface area contributed by atoms with Crippen LogP contribution >= 0.6 is 0 Å². The highest BCUT2D eigenvalue weighted by molar-refractivity contribution is 6.26. The van der Waals surface area contributed by atoms with Crippen molar-refractivity contribution in [2.45, 2.75) is 0 Å². The molecule has 1 aliphatic rings. The van der Waals surface area contributed by atoms with E-state index in [0.717, 1.165) is 0 Å². The molecule has 0 N–H and O–H groups in total. The zero-order valence-electron chi connectivity index (χ0n) is 4.59. The lowest BCUT2D eigenvalue weighted by atomic mass is 10.2. The van der Waals surface area contributed by atoms with Crippen molar-refractivity contribution in [3.63, 3.8) is 0 Å². The average Bonchev–Trinajstić information content (AvgIpc) is 1.84. The molecule has 1 saturated heterocycles. The summed E-state index contributed by atoms with van der Waals surface area (Å²) in [6.07, 6.45) is 2.70. The molecule has 0 bridgehead atoms. The third kappa shape index (κ3) is 0.762. The van der Waals surface area contributed by atoms with E-state index < -0.39 is 11.9 Å². The second kappa shape index (κ2) is 1.85. The van der Waals surface area contributed by atoms with E-state index in [4.69, 9.17) is 0 Å². The van der Waals surface area contributed by atoms with Crippen molar-refractivity contribution in [2.24, 2.45) is 0 Å². The highest BCUT2D eigenvalue weighted by Crippen LogP contribution is 2.12. The molecule has 0 aromatic carbocycles.